The van der Waals surface area contributed by atoms with Gasteiger partial charge in [-0.1, -0.05) is 58.0 Å². The Kier molecular flexibility index (Phi) is 20.3. The molecule has 7 heterocycles. The number of carbonyl (C=O) groups is 2. The van der Waals surface area contributed by atoms with Crippen molar-refractivity contribution in [3.63, 3.8) is 0 Å². The number of ether oxygens (including phenoxy) is 3. The van der Waals surface area contributed by atoms with Crippen molar-refractivity contribution in [2.75, 3.05) is 18.9 Å². The Balaban J connectivity index is 0.000000136. The number of hydrogen-bond donors (Lipinski definition) is 5. The number of esters is 1. The number of carbonyl (C=O) groups excluding carboxylic acids is 1. The van der Waals surface area contributed by atoms with Crippen LogP contribution in [0.4, 0.5) is 5.69 Å². The summed E-state index contributed by atoms with van der Waals surface area (Å²) in [5.74, 6) is -2.63. The van der Waals surface area contributed by atoms with Crippen LogP contribution in [0.25, 0.3) is 54.5 Å². The van der Waals surface area contributed by atoms with Crippen molar-refractivity contribution >= 4 is 175 Å². The van der Waals surface area contributed by atoms with Gasteiger partial charge >= 0.3 is 11.9 Å². The van der Waals surface area contributed by atoms with Crippen molar-refractivity contribution in [2.45, 2.75) is 89.7 Å². The summed E-state index contributed by atoms with van der Waals surface area (Å²) in [6.45, 7) is 6.82. The molecule has 0 spiro atoms. The van der Waals surface area contributed by atoms with E-state index < -0.39 is 23.5 Å². The lowest BCUT2D eigenvalue weighted by molar-refractivity contribution is -0.155. The van der Waals surface area contributed by atoms with Gasteiger partial charge in [0.05, 0.1) is 91.8 Å². The van der Waals surface area contributed by atoms with E-state index in [0.717, 1.165) is 105 Å². The second kappa shape index (κ2) is 26.9. The number of nitrogens with one attached hydrogen (secondary N) is 3. The van der Waals surface area contributed by atoms with Crippen LogP contribution in [-0.2, 0) is 30.2 Å². The first-order valence-corrected chi connectivity index (χ1v) is 28.7. The Bertz CT molecular complexity index is 3740. The molecule has 0 saturated carbocycles. The number of hydrogen-bond acceptors (Lipinski definition) is 12. The van der Waals surface area contributed by atoms with E-state index >= 15 is 0 Å². The molecule has 3 unspecified atom stereocenters. The quantitative estimate of drug-likeness (QED) is 0.0591. The third kappa shape index (κ3) is 14.3. The van der Waals surface area contributed by atoms with Gasteiger partial charge in [-0.3, -0.25) is 24.9 Å². The van der Waals surface area contributed by atoms with E-state index in [1.807, 2.05) is 53.3 Å². The number of halogens is 7. The topological polar surface area (TPSA) is 254 Å². The highest BCUT2D eigenvalue weighted by Crippen LogP contribution is 2.37. The summed E-state index contributed by atoms with van der Waals surface area (Å²) in [7, 11) is 0. The van der Waals surface area contributed by atoms with Crippen LogP contribution in [0.15, 0.2) is 91.6 Å². The molecule has 5 aromatic carbocycles. The van der Waals surface area contributed by atoms with Crippen molar-refractivity contribution in [3.8, 4) is 6.07 Å². The van der Waals surface area contributed by atoms with Crippen LogP contribution in [-0.4, -0.2) is 86.0 Å². The molecule has 79 heavy (non-hydrogen) atoms. The molecule has 12 rings (SSSR count). The summed E-state index contributed by atoms with van der Waals surface area (Å²) in [5, 5.41) is 54.7. The fraction of sp³-hybridized carbons (Fsp3) is 0.296. The first-order valence-electron chi connectivity index (χ1n) is 24.6. The monoisotopic (exact) mass is 1390 g/mol. The van der Waals surface area contributed by atoms with Crippen LogP contribution < -0.4 is 5.73 Å². The van der Waals surface area contributed by atoms with Gasteiger partial charge < -0.3 is 25.1 Å². The number of nitriles is 1. The average molecular weight is 1400 g/mol. The number of nitrogens with zero attached hydrogens (tertiary/aromatic N) is 8. The van der Waals surface area contributed by atoms with Crippen LogP contribution >= 0.6 is 103 Å². The minimum Gasteiger partial charge on any atom is -0.481 e. The molecule has 6 N–H and O–H groups in total. The Labute approximate surface area is 505 Å². The van der Waals surface area contributed by atoms with Gasteiger partial charge in [0.1, 0.15) is 5.60 Å². The molecule has 0 aliphatic carbocycles. The molecule has 412 valence electrons. The molecular weight excluding hydrogens is 1340 g/mol. The van der Waals surface area contributed by atoms with Gasteiger partial charge in [-0.25, -0.2) is 9.36 Å². The summed E-state index contributed by atoms with van der Waals surface area (Å²) in [6, 6.07) is 20.3. The van der Waals surface area contributed by atoms with Gasteiger partial charge in [0.25, 0.3) is 0 Å². The van der Waals surface area contributed by atoms with E-state index in [1.165, 1.54) is 6.42 Å². The van der Waals surface area contributed by atoms with Gasteiger partial charge in [-0.05, 0) is 171 Å². The zero-order chi connectivity index (χ0) is 56.5. The number of benzene rings is 5. The molecule has 5 aromatic heterocycles. The summed E-state index contributed by atoms with van der Waals surface area (Å²) in [5.41, 5.74) is 11.2. The predicted octanol–water partition coefficient (Wildman–Crippen LogP) is 14.8. The first-order chi connectivity index (χ1) is 37.8. The van der Waals surface area contributed by atoms with E-state index in [1.54, 1.807) is 74.5 Å². The lowest BCUT2D eigenvalue weighted by Crippen LogP contribution is -2.27. The van der Waals surface area contributed by atoms with Crippen molar-refractivity contribution < 1.29 is 28.9 Å². The minimum atomic E-state index is -1.12. The Hall–Kier alpha value is -5.49. The normalized spacial score (nSPS) is 15.7. The number of anilines is 1. The Morgan fingerprint density at radius 1 is 0.684 bits per heavy atom. The molecule has 10 aromatic rings. The van der Waals surface area contributed by atoms with Crippen molar-refractivity contribution in [1.82, 2.24) is 50.2 Å². The highest BCUT2D eigenvalue weighted by atomic mass is 127. The SMILES string of the molecule is CC(C)(C)OC(=O)C(C#N)c1c(Cl)ccc2c1cnn2C1CCCCO1.Clc1ccc2[nH]ncc2c1I.Clc1ccc2c(cnn2C2CCCCO2)c1I.Nc1c(Cl)ccc2[nH]ncc12.O=C(O)Cc1c(Cl)ccc2[nH]ncc12. The van der Waals surface area contributed by atoms with Crippen LogP contribution in [0, 0.1) is 18.5 Å². The number of carboxylic acids is 1. The third-order valence-electron chi connectivity index (χ3n) is 12.5. The van der Waals surface area contributed by atoms with Crippen LogP contribution in [0.2, 0.25) is 25.1 Å². The molecule has 0 radical (unpaired) electrons. The molecule has 2 fully saturated rings. The van der Waals surface area contributed by atoms with E-state index in [9.17, 15) is 14.9 Å². The largest absolute Gasteiger partial charge is 0.481 e. The van der Waals surface area contributed by atoms with Crippen LogP contribution in [0.1, 0.15) is 88.8 Å². The maximum atomic E-state index is 12.5. The number of aliphatic carboxylic acids is 1. The Morgan fingerprint density at radius 3 is 1.70 bits per heavy atom. The predicted molar refractivity (Wildman–Crippen MR) is 326 cm³/mol. The molecule has 0 bridgehead atoms. The number of carboxylic acid groups (broad SMARTS) is 1. The van der Waals surface area contributed by atoms with Gasteiger partial charge in [0.15, 0.2) is 18.4 Å². The third-order valence-corrected chi connectivity index (χ3v) is 17.1. The lowest BCUT2D eigenvalue weighted by Gasteiger charge is -2.24. The standard InChI is InChI=1S/C19H22ClN3O3.C12H12ClIN2O.C9H7ClN2O2.C7H4ClIN2.C7H6ClN3/c1-19(2,3)26-18(24)12(10-21)17-13-11-22-23(15(13)8-7-14(17)20)16-6-4-5-9-25-16;13-9-4-5-10-8(12(9)14)7-15-16(10)11-3-1-2-6-17-11;10-7-1-2-8-6(4-11-12-8)5(7)3-9(13)14;2*8-5-1-2-6-4(7(5)9)3-10-11-6/h7-8,11-12,16H,4-6,9H2,1-3H3;4-5,7,11H,1-3,6H2;1-2,4H,3H2,(H,11,12)(H,13,14);1-3H,(H,10,11);1-3H,9H2,(H,10,11). The smallest absolute Gasteiger partial charge is 0.328 e. The molecule has 3 atom stereocenters. The number of fused-ring (bicyclic) bond motifs is 5. The number of rotatable bonds is 6. The molecule has 2 saturated heterocycles. The maximum Gasteiger partial charge on any atom is 0.328 e. The van der Waals surface area contributed by atoms with Crippen molar-refractivity contribution in [2.24, 2.45) is 0 Å². The van der Waals surface area contributed by atoms with E-state index in [2.05, 4.69) is 86.0 Å². The minimum absolute atomic E-state index is 0.0817. The molecule has 25 heteroatoms. The zero-order valence-electron chi connectivity index (χ0n) is 42.5. The van der Waals surface area contributed by atoms with Gasteiger partial charge in [-0.2, -0.15) is 30.8 Å². The molecule has 0 amide bonds. The van der Waals surface area contributed by atoms with E-state index in [-0.39, 0.29) is 18.9 Å². The summed E-state index contributed by atoms with van der Waals surface area (Å²) >= 11 is 34.5. The average Bonchev–Trinajstić information content (AvgIpc) is 4.32. The summed E-state index contributed by atoms with van der Waals surface area (Å²) in [6.07, 6.45) is 14.8. The molecular formula is C54H51Cl5I2N12O6. The summed E-state index contributed by atoms with van der Waals surface area (Å²) in [4.78, 5) is 23.1. The molecule has 2 aliphatic heterocycles. The summed E-state index contributed by atoms with van der Waals surface area (Å²) < 4.78 is 22.9. The Morgan fingerprint density at radius 2 is 1.15 bits per heavy atom. The molecule has 18 nitrogen and oxygen atoms in total. The lowest BCUT2D eigenvalue weighted by atomic mass is 9.96. The highest BCUT2D eigenvalue weighted by Gasteiger charge is 2.31. The van der Waals surface area contributed by atoms with Gasteiger partial charge in [0.2, 0.25) is 0 Å². The highest BCUT2D eigenvalue weighted by molar-refractivity contribution is 14.1. The zero-order valence-corrected chi connectivity index (χ0v) is 50.6. The van der Waals surface area contributed by atoms with Crippen molar-refractivity contribution in [3.05, 3.63) is 135 Å². The first kappa shape index (κ1) is 59.6. The fourth-order valence-corrected chi connectivity index (χ4v) is 10.9. The number of aromatic nitrogens is 10. The second-order valence-corrected chi connectivity index (χ2v) is 23.2. The maximum absolute atomic E-state index is 12.5. The fourth-order valence-electron chi connectivity index (χ4n) is 8.71. The number of nitrogen functional groups attached to an aromatic ring is 1. The number of aromatic amines is 3. The van der Waals surface area contributed by atoms with Crippen molar-refractivity contribution in [1.29, 1.82) is 5.26 Å². The van der Waals surface area contributed by atoms with E-state index in [0.29, 0.717) is 43.9 Å². The second-order valence-electron chi connectivity index (χ2n) is 19.0. The molecule has 2 aliphatic rings. The van der Waals surface area contributed by atoms with Crippen LogP contribution in [0.3, 0.4) is 0 Å². The van der Waals surface area contributed by atoms with Gasteiger partial charge in [0, 0.05) is 62.9 Å². The number of nitrogens with two attached hydrogens (primary N) is 1. The van der Waals surface area contributed by atoms with E-state index in [4.69, 9.17) is 83.1 Å². The van der Waals surface area contributed by atoms with Gasteiger partial charge in [-0.15, -0.1) is 0 Å². The van der Waals surface area contributed by atoms with Crippen LogP contribution in [0.5, 0.6) is 0 Å². The number of H-pyrrole nitrogens is 3.